The van der Waals surface area contributed by atoms with Crippen molar-refractivity contribution < 1.29 is 14.7 Å². The molecule has 2 amide bonds. The maximum Gasteiger partial charge on any atom is 0.261 e. The molecule has 0 aliphatic carbocycles. The number of para-hydroxylation sites is 1. The lowest BCUT2D eigenvalue weighted by Crippen LogP contribution is -2.50. The van der Waals surface area contributed by atoms with Gasteiger partial charge in [-0.2, -0.15) is 0 Å². The van der Waals surface area contributed by atoms with Crippen molar-refractivity contribution in [3.8, 4) is 0 Å². The van der Waals surface area contributed by atoms with Crippen LogP contribution in [0.4, 0.5) is 5.69 Å². The van der Waals surface area contributed by atoms with Gasteiger partial charge in [0.25, 0.3) is 11.8 Å². The van der Waals surface area contributed by atoms with Gasteiger partial charge in [-0.25, -0.2) is 0 Å². The molecule has 4 rings (SSSR count). The number of hydrogen-bond acceptors (Lipinski definition) is 5. The molecule has 148 valence electrons. The number of nitrogens with zero attached hydrogens (tertiary/aromatic N) is 3. The summed E-state index contributed by atoms with van der Waals surface area (Å²) in [4.78, 5) is 30.5. The Labute approximate surface area is 170 Å². The smallest absolute Gasteiger partial charge is 0.261 e. The van der Waals surface area contributed by atoms with E-state index in [9.17, 15) is 14.7 Å². The normalized spacial score (nSPS) is 18.0. The third-order valence-electron chi connectivity index (χ3n) is 5.23. The van der Waals surface area contributed by atoms with E-state index in [-0.39, 0.29) is 30.8 Å². The molecule has 2 aliphatic rings. The van der Waals surface area contributed by atoms with Crippen LogP contribution in [0, 0.1) is 0 Å². The van der Waals surface area contributed by atoms with Gasteiger partial charge in [0.2, 0.25) is 0 Å². The van der Waals surface area contributed by atoms with E-state index in [0.29, 0.717) is 17.7 Å². The predicted molar refractivity (Wildman–Crippen MR) is 110 cm³/mol. The fourth-order valence-corrected chi connectivity index (χ4v) is 3.80. The van der Waals surface area contributed by atoms with Crippen LogP contribution in [-0.4, -0.2) is 72.1 Å². The number of piperazine rings is 1. The van der Waals surface area contributed by atoms with Crippen LogP contribution < -0.4 is 4.90 Å². The van der Waals surface area contributed by atoms with Crippen molar-refractivity contribution >= 4 is 29.9 Å². The van der Waals surface area contributed by atoms with Crippen LogP contribution >= 0.6 is 12.4 Å². The monoisotopic (exact) mass is 401 g/mol. The van der Waals surface area contributed by atoms with Crippen LogP contribution in [0.15, 0.2) is 54.6 Å². The summed E-state index contributed by atoms with van der Waals surface area (Å²) in [6.45, 7) is 3.96. The first-order valence-corrected chi connectivity index (χ1v) is 9.29. The molecule has 6 nitrogen and oxygen atoms in total. The molecule has 2 heterocycles. The third-order valence-corrected chi connectivity index (χ3v) is 5.23. The SMILES string of the molecule is Cl.O=C1c2ccccc2C(=O)N1CC(O)CN1CCN(c2ccccc2)CC1. The van der Waals surface area contributed by atoms with Crippen molar-refractivity contribution in [2.24, 2.45) is 0 Å². The number of rotatable bonds is 5. The molecule has 2 aromatic rings. The highest BCUT2D eigenvalue weighted by Crippen LogP contribution is 2.22. The van der Waals surface area contributed by atoms with Crippen molar-refractivity contribution in [1.29, 1.82) is 0 Å². The number of carbonyl (C=O) groups excluding carboxylic acids is 2. The number of benzene rings is 2. The summed E-state index contributed by atoms with van der Waals surface area (Å²) in [5, 5.41) is 10.5. The number of fused-ring (bicyclic) bond motifs is 1. The Balaban J connectivity index is 0.00000225. The van der Waals surface area contributed by atoms with Crippen LogP contribution in [0.2, 0.25) is 0 Å². The first-order chi connectivity index (χ1) is 13.1. The van der Waals surface area contributed by atoms with Gasteiger partial charge < -0.3 is 10.0 Å². The minimum atomic E-state index is -0.754. The topological polar surface area (TPSA) is 64.1 Å². The van der Waals surface area contributed by atoms with E-state index in [1.807, 2.05) is 18.2 Å². The fourth-order valence-electron chi connectivity index (χ4n) is 3.80. The van der Waals surface area contributed by atoms with Crippen molar-refractivity contribution in [2.75, 3.05) is 44.2 Å². The number of hydrogen-bond donors (Lipinski definition) is 1. The largest absolute Gasteiger partial charge is 0.390 e. The van der Waals surface area contributed by atoms with E-state index < -0.39 is 6.10 Å². The van der Waals surface area contributed by atoms with E-state index in [0.717, 1.165) is 31.1 Å². The highest BCUT2D eigenvalue weighted by Gasteiger charge is 2.36. The van der Waals surface area contributed by atoms with Crippen molar-refractivity contribution in [3.63, 3.8) is 0 Å². The van der Waals surface area contributed by atoms with Crippen LogP contribution in [-0.2, 0) is 0 Å². The molecule has 7 heteroatoms. The number of amides is 2. The predicted octanol–water partition coefficient (Wildman–Crippen LogP) is 1.89. The molecule has 1 unspecified atom stereocenters. The molecule has 1 atom stereocenters. The number of imide groups is 1. The molecule has 1 saturated heterocycles. The van der Waals surface area contributed by atoms with Gasteiger partial charge in [-0.3, -0.25) is 19.4 Å². The Morgan fingerprint density at radius 2 is 1.32 bits per heavy atom. The Morgan fingerprint density at radius 1 is 0.786 bits per heavy atom. The molecule has 0 bridgehead atoms. The zero-order chi connectivity index (χ0) is 18.8. The zero-order valence-electron chi connectivity index (χ0n) is 15.5. The van der Waals surface area contributed by atoms with Gasteiger partial charge in [0.15, 0.2) is 0 Å². The number of carbonyl (C=O) groups is 2. The van der Waals surface area contributed by atoms with E-state index in [1.54, 1.807) is 24.3 Å². The van der Waals surface area contributed by atoms with Crippen LogP contribution in [0.5, 0.6) is 0 Å². The summed E-state index contributed by atoms with van der Waals surface area (Å²) in [7, 11) is 0. The molecular weight excluding hydrogens is 378 g/mol. The van der Waals surface area contributed by atoms with Crippen molar-refractivity contribution in [2.45, 2.75) is 6.10 Å². The van der Waals surface area contributed by atoms with Gasteiger partial charge in [-0.15, -0.1) is 12.4 Å². The second-order valence-corrected chi connectivity index (χ2v) is 7.04. The standard InChI is InChI=1S/C21H23N3O3.ClH/c25-17(15-24-20(26)18-8-4-5-9-19(18)21(24)27)14-22-10-12-23(13-11-22)16-6-2-1-3-7-16;/h1-9,17,25H,10-15H2;1H. The highest BCUT2D eigenvalue weighted by molar-refractivity contribution is 6.21. The highest BCUT2D eigenvalue weighted by atomic mass is 35.5. The maximum absolute atomic E-state index is 12.4. The van der Waals surface area contributed by atoms with Crippen LogP contribution in [0.3, 0.4) is 0 Å². The Hall–Kier alpha value is -2.41. The Morgan fingerprint density at radius 3 is 1.89 bits per heavy atom. The average molecular weight is 402 g/mol. The number of aliphatic hydroxyl groups excluding tert-OH is 1. The molecule has 0 radical (unpaired) electrons. The summed E-state index contributed by atoms with van der Waals surface area (Å²) in [6.07, 6.45) is -0.754. The van der Waals surface area contributed by atoms with E-state index in [4.69, 9.17) is 0 Å². The van der Waals surface area contributed by atoms with Gasteiger partial charge in [-0.1, -0.05) is 30.3 Å². The molecular formula is C21H24ClN3O3. The lowest BCUT2D eigenvalue weighted by atomic mass is 10.1. The molecule has 0 spiro atoms. The van der Waals surface area contributed by atoms with Gasteiger partial charge in [0, 0.05) is 38.4 Å². The van der Waals surface area contributed by atoms with Gasteiger partial charge in [-0.05, 0) is 24.3 Å². The Kier molecular flexibility index (Phi) is 6.34. The molecule has 2 aliphatic heterocycles. The van der Waals surface area contributed by atoms with E-state index in [1.165, 1.54) is 5.69 Å². The summed E-state index contributed by atoms with van der Waals surface area (Å²) < 4.78 is 0. The molecule has 28 heavy (non-hydrogen) atoms. The van der Waals surface area contributed by atoms with E-state index in [2.05, 4.69) is 21.9 Å². The summed E-state index contributed by atoms with van der Waals surface area (Å²) in [5.74, 6) is -0.632. The maximum atomic E-state index is 12.4. The number of anilines is 1. The molecule has 0 aromatic heterocycles. The zero-order valence-corrected chi connectivity index (χ0v) is 16.3. The van der Waals surface area contributed by atoms with Gasteiger partial charge in [0.05, 0.1) is 23.8 Å². The van der Waals surface area contributed by atoms with Crippen LogP contribution in [0.25, 0.3) is 0 Å². The molecule has 2 aromatic carbocycles. The summed E-state index contributed by atoms with van der Waals surface area (Å²) in [6, 6.07) is 17.1. The van der Waals surface area contributed by atoms with E-state index >= 15 is 0 Å². The number of β-amino-alcohol motifs (C(OH)–C–C–N with tert-alkyl or cyclic N) is 1. The van der Waals surface area contributed by atoms with Gasteiger partial charge >= 0.3 is 0 Å². The van der Waals surface area contributed by atoms with Crippen LogP contribution in [0.1, 0.15) is 20.7 Å². The second kappa shape index (κ2) is 8.73. The minimum absolute atomic E-state index is 0. The first-order valence-electron chi connectivity index (χ1n) is 9.29. The molecule has 1 fully saturated rings. The second-order valence-electron chi connectivity index (χ2n) is 7.04. The third kappa shape index (κ3) is 4.04. The quantitative estimate of drug-likeness (QED) is 0.775. The van der Waals surface area contributed by atoms with Crippen molar-refractivity contribution in [1.82, 2.24) is 9.80 Å². The number of aliphatic hydroxyl groups is 1. The van der Waals surface area contributed by atoms with Crippen molar-refractivity contribution in [3.05, 3.63) is 65.7 Å². The summed E-state index contributed by atoms with van der Waals surface area (Å²) in [5.41, 5.74) is 2.06. The fraction of sp³-hybridized carbons (Fsp3) is 0.333. The lowest BCUT2D eigenvalue weighted by Gasteiger charge is -2.37. The first kappa shape index (κ1) is 20.3. The minimum Gasteiger partial charge on any atom is -0.390 e. The average Bonchev–Trinajstić information content (AvgIpc) is 2.94. The summed E-state index contributed by atoms with van der Waals surface area (Å²) >= 11 is 0. The number of halogens is 1. The van der Waals surface area contributed by atoms with Gasteiger partial charge in [0.1, 0.15) is 0 Å². The molecule has 1 N–H and O–H groups in total. The molecule has 0 saturated carbocycles. The lowest BCUT2D eigenvalue weighted by molar-refractivity contribution is 0.0469. The Bertz CT molecular complexity index is 803.